The zero-order chi connectivity index (χ0) is 22.1. The number of rotatable bonds is 4. The molecule has 2 aromatic rings. The maximum absolute atomic E-state index is 13.0. The molecule has 2 aromatic heterocycles. The molecule has 2 saturated heterocycles. The number of piperazine rings is 1. The first-order chi connectivity index (χ1) is 14.9. The van der Waals surface area contributed by atoms with Gasteiger partial charge in [0.2, 0.25) is 5.91 Å². The van der Waals surface area contributed by atoms with Crippen molar-refractivity contribution in [2.45, 2.75) is 26.7 Å². The maximum Gasteiger partial charge on any atom is 0.255 e. The summed E-state index contributed by atoms with van der Waals surface area (Å²) in [5.74, 6) is 0.160. The van der Waals surface area contributed by atoms with Crippen LogP contribution < -0.4 is 10.2 Å². The lowest BCUT2D eigenvalue weighted by molar-refractivity contribution is -0.120. The quantitative estimate of drug-likeness (QED) is 0.767. The lowest BCUT2D eigenvalue weighted by atomic mass is 9.92. The Morgan fingerprint density at radius 2 is 1.90 bits per heavy atom. The van der Waals surface area contributed by atoms with Gasteiger partial charge in [-0.3, -0.25) is 14.6 Å². The van der Waals surface area contributed by atoms with Crippen LogP contribution in [-0.4, -0.2) is 71.1 Å². The van der Waals surface area contributed by atoms with Gasteiger partial charge in [0.1, 0.15) is 5.82 Å². The van der Waals surface area contributed by atoms with E-state index in [1.807, 2.05) is 11.8 Å². The van der Waals surface area contributed by atoms with Gasteiger partial charge < -0.3 is 20.2 Å². The minimum atomic E-state index is -0.466. The number of aromatic nitrogens is 2. The van der Waals surface area contributed by atoms with Crippen molar-refractivity contribution in [3.8, 4) is 0 Å². The summed E-state index contributed by atoms with van der Waals surface area (Å²) < 4.78 is 0. The van der Waals surface area contributed by atoms with Gasteiger partial charge in [-0.25, -0.2) is 4.98 Å². The van der Waals surface area contributed by atoms with E-state index in [0.29, 0.717) is 30.9 Å². The van der Waals surface area contributed by atoms with Crippen molar-refractivity contribution >= 4 is 17.6 Å². The molecule has 2 aliphatic heterocycles. The van der Waals surface area contributed by atoms with Crippen molar-refractivity contribution in [3.63, 3.8) is 0 Å². The Kier molecular flexibility index (Phi) is 5.91. The Labute approximate surface area is 182 Å². The van der Waals surface area contributed by atoms with Crippen LogP contribution in [0.5, 0.6) is 0 Å². The highest BCUT2D eigenvalue weighted by atomic mass is 16.3. The largest absolute Gasteiger partial charge is 0.396 e. The molecule has 0 saturated carbocycles. The SMILES string of the molecule is Cc1cc(C)c(N2CCN(C(=O)c3ccc([C@@H]4C(=O)NCC4CO)nc3)CC2)nc1C. The lowest BCUT2D eigenvalue weighted by Gasteiger charge is -2.36. The second-order valence-corrected chi connectivity index (χ2v) is 8.45. The molecule has 8 nitrogen and oxygen atoms in total. The summed E-state index contributed by atoms with van der Waals surface area (Å²) >= 11 is 0. The molecule has 0 aliphatic carbocycles. The van der Waals surface area contributed by atoms with Crippen molar-refractivity contribution in [1.82, 2.24) is 20.2 Å². The van der Waals surface area contributed by atoms with E-state index < -0.39 is 5.92 Å². The minimum absolute atomic E-state index is 0.0574. The standard InChI is InChI=1S/C23H29N5O3/c1-14-10-15(2)21(26-16(14)3)27-6-8-28(9-7-27)23(31)17-4-5-19(24-11-17)20-18(13-29)12-25-22(20)30/h4-5,10-11,18,20,29H,6-9,12-13H2,1-3H3,(H,25,30)/t18?,20-/m1/s1. The smallest absolute Gasteiger partial charge is 0.255 e. The van der Waals surface area contributed by atoms with Crippen molar-refractivity contribution in [1.29, 1.82) is 0 Å². The average Bonchev–Trinajstić information content (AvgIpc) is 3.16. The third kappa shape index (κ3) is 4.12. The second kappa shape index (κ2) is 8.63. The van der Waals surface area contributed by atoms with Crippen LogP contribution in [0.15, 0.2) is 24.4 Å². The summed E-state index contributed by atoms with van der Waals surface area (Å²) in [6.45, 7) is 9.23. The van der Waals surface area contributed by atoms with Crippen LogP contribution in [-0.2, 0) is 4.79 Å². The van der Waals surface area contributed by atoms with E-state index >= 15 is 0 Å². The molecule has 0 spiro atoms. The van der Waals surface area contributed by atoms with Gasteiger partial charge in [-0.1, -0.05) is 6.07 Å². The van der Waals surface area contributed by atoms with E-state index in [1.165, 1.54) is 5.56 Å². The third-order valence-corrected chi connectivity index (χ3v) is 6.38. The second-order valence-electron chi connectivity index (χ2n) is 8.45. The summed E-state index contributed by atoms with van der Waals surface area (Å²) in [6.07, 6.45) is 1.54. The highest BCUT2D eigenvalue weighted by molar-refractivity contribution is 5.94. The number of nitrogens with one attached hydrogen (secondary N) is 1. The van der Waals surface area contributed by atoms with Gasteiger partial charge in [-0.05, 0) is 44.0 Å². The first-order valence-corrected chi connectivity index (χ1v) is 10.7. The molecule has 2 fully saturated rings. The van der Waals surface area contributed by atoms with Gasteiger partial charge >= 0.3 is 0 Å². The van der Waals surface area contributed by atoms with Crippen LogP contribution in [0.3, 0.4) is 0 Å². The Bertz CT molecular complexity index is 983. The molecule has 0 aromatic carbocycles. The van der Waals surface area contributed by atoms with E-state index in [-0.39, 0.29) is 24.3 Å². The Morgan fingerprint density at radius 1 is 1.16 bits per heavy atom. The van der Waals surface area contributed by atoms with Gasteiger partial charge in [0.05, 0.1) is 17.2 Å². The van der Waals surface area contributed by atoms with Crippen LogP contribution in [0.4, 0.5) is 5.82 Å². The number of aliphatic hydroxyl groups excluding tert-OH is 1. The molecule has 31 heavy (non-hydrogen) atoms. The van der Waals surface area contributed by atoms with Crippen molar-refractivity contribution in [2.24, 2.45) is 5.92 Å². The van der Waals surface area contributed by atoms with Crippen molar-refractivity contribution in [2.75, 3.05) is 44.2 Å². The number of carbonyl (C=O) groups is 2. The molecule has 2 atom stereocenters. The number of aliphatic hydroxyl groups is 1. The predicted octanol–water partition coefficient (Wildman–Crippen LogP) is 1.19. The highest BCUT2D eigenvalue weighted by Gasteiger charge is 2.36. The molecule has 8 heteroatoms. The Hall–Kier alpha value is -3.00. The number of hydrogen-bond acceptors (Lipinski definition) is 6. The molecule has 2 N–H and O–H groups in total. The summed E-state index contributed by atoms with van der Waals surface area (Å²) in [5.41, 5.74) is 4.47. The van der Waals surface area contributed by atoms with Crippen molar-refractivity contribution in [3.05, 3.63) is 52.5 Å². The normalized spacial score (nSPS) is 21.4. The molecule has 2 amide bonds. The third-order valence-electron chi connectivity index (χ3n) is 6.38. The molecule has 2 aliphatic rings. The van der Waals surface area contributed by atoms with Gasteiger partial charge in [0.25, 0.3) is 5.91 Å². The lowest BCUT2D eigenvalue weighted by Crippen LogP contribution is -2.49. The van der Waals surface area contributed by atoms with Crippen LogP contribution in [0.25, 0.3) is 0 Å². The number of carbonyl (C=O) groups excluding carboxylic acids is 2. The first-order valence-electron chi connectivity index (χ1n) is 10.7. The molecule has 4 heterocycles. The van der Waals surface area contributed by atoms with Gasteiger partial charge in [0.15, 0.2) is 0 Å². The molecule has 0 radical (unpaired) electrons. The number of nitrogens with zero attached hydrogens (tertiary/aromatic N) is 4. The topological polar surface area (TPSA) is 98.7 Å². The monoisotopic (exact) mass is 423 g/mol. The Morgan fingerprint density at radius 3 is 2.55 bits per heavy atom. The first kappa shape index (κ1) is 21.2. The predicted molar refractivity (Wildman–Crippen MR) is 117 cm³/mol. The highest BCUT2D eigenvalue weighted by Crippen LogP contribution is 2.28. The summed E-state index contributed by atoms with van der Waals surface area (Å²) in [4.78, 5) is 38.2. The fraction of sp³-hybridized carbons (Fsp3) is 0.478. The van der Waals surface area contributed by atoms with Crippen LogP contribution >= 0.6 is 0 Å². The average molecular weight is 424 g/mol. The summed E-state index contributed by atoms with van der Waals surface area (Å²) in [5, 5.41) is 12.3. The number of anilines is 1. The van der Waals surface area contributed by atoms with Gasteiger partial charge in [0, 0.05) is 57.1 Å². The number of aryl methyl sites for hydroxylation is 3. The molecule has 4 rings (SSSR count). The van der Waals surface area contributed by atoms with Gasteiger partial charge in [-0.2, -0.15) is 0 Å². The maximum atomic E-state index is 13.0. The van der Waals surface area contributed by atoms with E-state index in [4.69, 9.17) is 4.98 Å². The van der Waals surface area contributed by atoms with Crippen LogP contribution in [0.2, 0.25) is 0 Å². The Balaban J connectivity index is 1.41. The number of hydrogen-bond donors (Lipinski definition) is 2. The fourth-order valence-electron chi connectivity index (χ4n) is 4.39. The number of pyridine rings is 2. The summed E-state index contributed by atoms with van der Waals surface area (Å²) in [6, 6.07) is 5.62. The van der Waals surface area contributed by atoms with E-state index in [9.17, 15) is 14.7 Å². The molecule has 0 bridgehead atoms. The zero-order valence-electron chi connectivity index (χ0n) is 18.3. The number of amides is 2. The van der Waals surface area contributed by atoms with Crippen LogP contribution in [0, 0.1) is 26.7 Å². The van der Waals surface area contributed by atoms with E-state index in [0.717, 1.165) is 30.2 Å². The van der Waals surface area contributed by atoms with E-state index in [2.05, 4.69) is 35.1 Å². The van der Waals surface area contributed by atoms with Crippen LogP contribution in [0.1, 0.15) is 38.8 Å². The molecule has 164 valence electrons. The summed E-state index contributed by atoms with van der Waals surface area (Å²) in [7, 11) is 0. The fourth-order valence-corrected chi connectivity index (χ4v) is 4.39. The molecular weight excluding hydrogens is 394 g/mol. The van der Waals surface area contributed by atoms with Gasteiger partial charge in [-0.15, -0.1) is 0 Å². The molecule has 1 unspecified atom stereocenters. The minimum Gasteiger partial charge on any atom is -0.396 e. The van der Waals surface area contributed by atoms with E-state index in [1.54, 1.807) is 18.3 Å². The van der Waals surface area contributed by atoms with Crippen molar-refractivity contribution < 1.29 is 14.7 Å². The molecular formula is C23H29N5O3. The zero-order valence-corrected chi connectivity index (χ0v) is 18.3.